The van der Waals surface area contributed by atoms with E-state index in [2.05, 4.69) is 30.9 Å². The van der Waals surface area contributed by atoms with E-state index in [-0.39, 0.29) is 30.4 Å². The Balaban J connectivity index is 1.37. The zero-order valence-corrected chi connectivity index (χ0v) is 26.0. The molecule has 0 aliphatic carbocycles. The van der Waals surface area contributed by atoms with E-state index in [4.69, 9.17) is 21.9 Å². The number of methoxy groups -OCH3 is 1. The van der Waals surface area contributed by atoms with Gasteiger partial charge in [-0.2, -0.15) is 4.39 Å². The molecule has 0 saturated heterocycles. The molecule has 2 aromatic heterocycles. The van der Waals surface area contributed by atoms with Crippen LogP contribution in [0.25, 0.3) is 16.9 Å². The van der Waals surface area contributed by atoms with Crippen molar-refractivity contribution in [1.82, 2.24) is 25.0 Å². The number of aryl methyl sites for hydroxylation is 1. The maximum Gasteiger partial charge on any atom is 0.251 e. The molecule has 14 nitrogen and oxygen atoms in total. The fraction of sp³-hybridized carbons (Fsp3) is 0.323. The second-order valence-corrected chi connectivity index (χ2v) is 10.6. The standard InChI is InChI=1S/C31H38F2N10O4/c1-3-17-13-18(6-7-20(17)29(45)40-14-19(44)15-41-30(46)22(34)5-4-10-38-31(35)36)42-27-28-39-16-23(43(28)12-11-37-27)21-8-9-24(47-2)26(33)25(21)32/h6-9,11-13,16,19,22,44H,3-5,10,14-15,34H2,1-2H3,(H,37,42)(H,40,45)(H,41,46)(H4,35,36,38). The smallest absolute Gasteiger partial charge is 0.251 e. The van der Waals surface area contributed by atoms with Gasteiger partial charge in [-0.25, -0.2) is 14.4 Å². The fourth-order valence-corrected chi connectivity index (χ4v) is 4.79. The van der Waals surface area contributed by atoms with E-state index in [1.54, 1.807) is 28.8 Å². The summed E-state index contributed by atoms with van der Waals surface area (Å²) in [5.74, 6) is -2.89. The number of nitrogens with zero attached hydrogens (tertiary/aromatic N) is 4. The Kier molecular flexibility index (Phi) is 11.6. The number of hydrogen-bond acceptors (Lipinski definition) is 9. The van der Waals surface area contributed by atoms with Crippen LogP contribution in [0.1, 0.15) is 35.7 Å². The molecular formula is C31H38F2N10O4. The highest BCUT2D eigenvalue weighted by molar-refractivity contribution is 5.96. The van der Waals surface area contributed by atoms with Gasteiger partial charge in [0.05, 0.1) is 31.1 Å². The van der Waals surface area contributed by atoms with E-state index in [1.807, 2.05) is 6.92 Å². The topological polar surface area (TPSA) is 220 Å². The lowest BCUT2D eigenvalue weighted by Gasteiger charge is -2.16. The highest BCUT2D eigenvalue weighted by Crippen LogP contribution is 2.31. The molecule has 4 aromatic rings. The summed E-state index contributed by atoms with van der Waals surface area (Å²) in [7, 11) is 1.26. The number of rotatable bonds is 15. The van der Waals surface area contributed by atoms with Crippen molar-refractivity contribution in [3.05, 3.63) is 71.7 Å². The highest BCUT2D eigenvalue weighted by atomic mass is 19.2. The number of benzene rings is 2. The lowest BCUT2D eigenvalue weighted by Crippen LogP contribution is -2.46. The average Bonchev–Trinajstić information content (AvgIpc) is 3.50. The third kappa shape index (κ3) is 8.47. The normalized spacial score (nSPS) is 12.3. The number of anilines is 2. The quantitative estimate of drug-likeness (QED) is 0.0558. The van der Waals surface area contributed by atoms with Gasteiger partial charge in [0, 0.05) is 48.8 Å². The monoisotopic (exact) mass is 652 g/mol. The number of nitrogens with one attached hydrogen (secondary N) is 3. The number of nitrogens with two attached hydrogens (primary N) is 3. The van der Waals surface area contributed by atoms with Gasteiger partial charge in [0.1, 0.15) is 0 Å². The number of aliphatic imine (C=N–C) groups is 1. The second-order valence-electron chi connectivity index (χ2n) is 10.6. The number of carbonyl (C=O) groups excluding carboxylic acids is 2. The molecule has 0 bridgehead atoms. The second kappa shape index (κ2) is 15.8. The molecule has 16 heteroatoms. The molecule has 2 unspecified atom stereocenters. The Morgan fingerprint density at radius 1 is 1.11 bits per heavy atom. The Morgan fingerprint density at radius 2 is 1.87 bits per heavy atom. The summed E-state index contributed by atoms with van der Waals surface area (Å²) in [5.41, 5.74) is 18.8. The maximum atomic E-state index is 14.8. The number of guanidine groups is 1. The number of amides is 2. The summed E-state index contributed by atoms with van der Waals surface area (Å²) in [5, 5.41) is 18.8. The van der Waals surface area contributed by atoms with Crippen molar-refractivity contribution in [1.29, 1.82) is 0 Å². The maximum absolute atomic E-state index is 14.8. The first-order valence-corrected chi connectivity index (χ1v) is 14.8. The third-order valence-corrected chi connectivity index (χ3v) is 7.28. The van der Waals surface area contributed by atoms with Crippen molar-refractivity contribution >= 4 is 34.9 Å². The minimum Gasteiger partial charge on any atom is -0.494 e. The molecule has 4 rings (SSSR count). The van der Waals surface area contributed by atoms with Gasteiger partial charge in [0.2, 0.25) is 11.7 Å². The highest BCUT2D eigenvalue weighted by Gasteiger charge is 2.20. The summed E-state index contributed by atoms with van der Waals surface area (Å²) in [6, 6.07) is 7.08. The van der Waals surface area contributed by atoms with Gasteiger partial charge in [-0.05, 0) is 55.2 Å². The summed E-state index contributed by atoms with van der Waals surface area (Å²) in [4.78, 5) is 37.7. The molecule has 2 heterocycles. The lowest BCUT2D eigenvalue weighted by atomic mass is 10.0. The molecule has 2 amide bonds. The van der Waals surface area contributed by atoms with Crippen LogP contribution >= 0.6 is 0 Å². The number of fused-ring (bicyclic) bond motifs is 1. The number of ether oxygens (including phenoxy) is 1. The summed E-state index contributed by atoms with van der Waals surface area (Å²) >= 11 is 0. The van der Waals surface area contributed by atoms with E-state index >= 15 is 0 Å². The Morgan fingerprint density at radius 3 is 2.60 bits per heavy atom. The predicted molar refractivity (Wildman–Crippen MR) is 173 cm³/mol. The van der Waals surface area contributed by atoms with Crippen molar-refractivity contribution in [2.75, 3.05) is 32.1 Å². The molecule has 0 fully saturated rings. The molecule has 2 aromatic carbocycles. The van der Waals surface area contributed by atoms with E-state index in [0.29, 0.717) is 59.8 Å². The molecule has 0 radical (unpaired) electrons. The van der Waals surface area contributed by atoms with Crippen molar-refractivity contribution < 1.29 is 28.2 Å². The molecular weight excluding hydrogens is 614 g/mol. The van der Waals surface area contributed by atoms with Crippen LogP contribution in [0.5, 0.6) is 5.75 Å². The number of hydrogen-bond donors (Lipinski definition) is 7. The van der Waals surface area contributed by atoms with Crippen LogP contribution in [0.15, 0.2) is 53.9 Å². The minimum atomic E-state index is -1.10. The van der Waals surface area contributed by atoms with Crippen LogP contribution in [-0.4, -0.2) is 76.1 Å². The predicted octanol–water partition coefficient (Wildman–Crippen LogP) is 1.58. The SMILES string of the molecule is CCc1cc(Nc2nccn3c(-c4ccc(OC)c(F)c4F)cnc23)ccc1C(=O)NCC(O)CNC(=O)C(N)CCCN=C(N)N. The van der Waals surface area contributed by atoms with Gasteiger partial charge < -0.3 is 43.0 Å². The molecule has 2 atom stereocenters. The van der Waals surface area contributed by atoms with Crippen LogP contribution < -0.4 is 37.9 Å². The molecule has 0 aliphatic heterocycles. The van der Waals surface area contributed by atoms with Gasteiger partial charge in [0.25, 0.3) is 5.91 Å². The van der Waals surface area contributed by atoms with Crippen molar-refractivity contribution in [3.63, 3.8) is 0 Å². The van der Waals surface area contributed by atoms with Gasteiger partial charge in [-0.1, -0.05) is 6.92 Å². The molecule has 0 saturated carbocycles. The van der Waals surface area contributed by atoms with Gasteiger partial charge in [-0.15, -0.1) is 0 Å². The first kappa shape index (κ1) is 34.5. The molecule has 47 heavy (non-hydrogen) atoms. The first-order chi connectivity index (χ1) is 22.5. The van der Waals surface area contributed by atoms with Crippen LogP contribution in [-0.2, 0) is 11.2 Å². The Labute approximate surface area is 269 Å². The number of halogens is 2. The number of aliphatic hydroxyl groups excluding tert-OH is 1. The van der Waals surface area contributed by atoms with E-state index in [1.165, 1.54) is 31.6 Å². The molecule has 0 spiro atoms. The van der Waals surface area contributed by atoms with Crippen LogP contribution in [0, 0.1) is 11.6 Å². The summed E-state index contributed by atoms with van der Waals surface area (Å²) < 4.78 is 35.7. The zero-order chi connectivity index (χ0) is 34.1. The molecule has 250 valence electrons. The molecule has 10 N–H and O–H groups in total. The van der Waals surface area contributed by atoms with Crippen LogP contribution in [0.2, 0.25) is 0 Å². The minimum absolute atomic E-state index is 0.00338. The molecule has 0 aliphatic rings. The van der Waals surface area contributed by atoms with Crippen molar-refractivity contribution in [2.24, 2.45) is 22.2 Å². The number of aromatic nitrogens is 3. The third-order valence-electron chi connectivity index (χ3n) is 7.28. The number of imidazole rings is 1. The van der Waals surface area contributed by atoms with Crippen molar-refractivity contribution in [2.45, 2.75) is 38.3 Å². The van der Waals surface area contributed by atoms with Crippen LogP contribution in [0.4, 0.5) is 20.3 Å². The van der Waals surface area contributed by atoms with Crippen LogP contribution in [0.3, 0.4) is 0 Å². The zero-order valence-electron chi connectivity index (χ0n) is 26.0. The van der Waals surface area contributed by atoms with Gasteiger partial charge in [-0.3, -0.25) is 19.0 Å². The first-order valence-electron chi connectivity index (χ1n) is 14.8. The van der Waals surface area contributed by atoms with E-state index in [0.717, 1.165) is 0 Å². The summed E-state index contributed by atoms with van der Waals surface area (Å²) in [6.07, 6.45) is 4.85. The Bertz CT molecular complexity index is 1760. The Hall–Kier alpha value is -5.35. The fourth-order valence-electron chi connectivity index (χ4n) is 4.79. The van der Waals surface area contributed by atoms with E-state index < -0.39 is 35.6 Å². The largest absolute Gasteiger partial charge is 0.494 e. The average molecular weight is 653 g/mol. The van der Waals surface area contributed by atoms with Gasteiger partial charge in [0.15, 0.2) is 29.0 Å². The van der Waals surface area contributed by atoms with Gasteiger partial charge >= 0.3 is 0 Å². The van der Waals surface area contributed by atoms with Crippen molar-refractivity contribution in [3.8, 4) is 17.0 Å². The number of aliphatic hydroxyl groups is 1. The van der Waals surface area contributed by atoms with E-state index in [9.17, 15) is 23.5 Å². The lowest BCUT2D eigenvalue weighted by molar-refractivity contribution is -0.122. The number of carbonyl (C=O) groups is 2. The summed E-state index contributed by atoms with van der Waals surface area (Å²) in [6.45, 7) is 2.04.